The van der Waals surface area contributed by atoms with Crippen LogP contribution in [0.15, 0.2) is 22.8 Å². The Morgan fingerprint density at radius 3 is 2.45 bits per heavy atom. The SMILES string of the molecule is CC(C)(C)N(CC(=O)O)CC(=O)Nc1ccc(Br)cn1. The highest BCUT2D eigenvalue weighted by Crippen LogP contribution is 2.14. The van der Waals surface area contributed by atoms with Crippen molar-refractivity contribution in [1.82, 2.24) is 9.88 Å². The first kappa shape index (κ1) is 16.6. The van der Waals surface area contributed by atoms with Crippen LogP contribution in [0.5, 0.6) is 0 Å². The summed E-state index contributed by atoms with van der Waals surface area (Å²) in [6, 6.07) is 3.43. The number of carboxylic acid groups (broad SMARTS) is 1. The van der Waals surface area contributed by atoms with Gasteiger partial charge in [-0.2, -0.15) is 0 Å². The van der Waals surface area contributed by atoms with E-state index in [0.717, 1.165) is 4.47 Å². The highest BCUT2D eigenvalue weighted by atomic mass is 79.9. The molecule has 0 atom stereocenters. The number of carbonyl (C=O) groups excluding carboxylic acids is 1. The summed E-state index contributed by atoms with van der Waals surface area (Å²) < 4.78 is 0.817. The summed E-state index contributed by atoms with van der Waals surface area (Å²) in [6.45, 7) is 5.39. The Hall–Kier alpha value is -1.47. The van der Waals surface area contributed by atoms with Gasteiger partial charge >= 0.3 is 5.97 Å². The topological polar surface area (TPSA) is 82.5 Å². The second kappa shape index (κ2) is 6.81. The van der Waals surface area contributed by atoms with Crippen LogP contribution in [0.3, 0.4) is 0 Å². The molecule has 0 saturated carbocycles. The van der Waals surface area contributed by atoms with Crippen molar-refractivity contribution in [1.29, 1.82) is 0 Å². The standard InChI is InChI=1S/C13H18BrN3O3/c1-13(2,3)17(8-12(19)20)7-11(18)16-10-5-4-9(14)6-15-10/h4-6H,7-8H2,1-3H3,(H,19,20)(H,15,16,18). The van der Waals surface area contributed by atoms with E-state index in [1.165, 1.54) is 0 Å². The number of carbonyl (C=O) groups is 2. The normalized spacial score (nSPS) is 11.4. The van der Waals surface area contributed by atoms with Crippen LogP contribution in [0.25, 0.3) is 0 Å². The number of hydrogen-bond donors (Lipinski definition) is 2. The van der Waals surface area contributed by atoms with Gasteiger partial charge in [0.05, 0.1) is 13.1 Å². The van der Waals surface area contributed by atoms with Crippen LogP contribution in [0.4, 0.5) is 5.82 Å². The Kier molecular flexibility index (Phi) is 5.64. The third-order valence-electron chi connectivity index (χ3n) is 2.60. The van der Waals surface area contributed by atoms with Crippen molar-refractivity contribution in [2.45, 2.75) is 26.3 Å². The molecular formula is C13H18BrN3O3. The molecule has 1 amide bonds. The minimum Gasteiger partial charge on any atom is -0.480 e. The fourth-order valence-electron chi connectivity index (χ4n) is 1.50. The van der Waals surface area contributed by atoms with E-state index in [0.29, 0.717) is 5.82 Å². The summed E-state index contributed by atoms with van der Waals surface area (Å²) in [5.41, 5.74) is -0.414. The number of nitrogens with one attached hydrogen (secondary N) is 1. The maximum absolute atomic E-state index is 11.9. The predicted molar refractivity (Wildman–Crippen MR) is 79.5 cm³/mol. The van der Waals surface area contributed by atoms with E-state index in [1.54, 1.807) is 23.2 Å². The number of rotatable bonds is 5. The van der Waals surface area contributed by atoms with E-state index in [2.05, 4.69) is 26.2 Å². The van der Waals surface area contributed by atoms with Gasteiger partial charge in [-0.3, -0.25) is 14.5 Å². The van der Waals surface area contributed by atoms with Gasteiger partial charge in [0.1, 0.15) is 5.82 Å². The first-order chi connectivity index (χ1) is 9.18. The highest BCUT2D eigenvalue weighted by Gasteiger charge is 2.25. The number of aliphatic carboxylic acids is 1. The van der Waals surface area contributed by atoms with Gasteiger partial charge in [0.15, 0.2) is 0 Å². The number of anilines is 1. The van der Waals surface area contributed by atoms with Crippen LogP contribution in [-0.4, -0.2) is 45.5 Å². The summed E-state index contributed by atoms with van der Waals surface area (Å²) in [5.74, 6) is -0.826. The number of aromatic nitrogens is 1. The van der Waals surface area contributed by atoms with Crippen molar-refractivity contribution in [3.05, 3.63) is 22.8 Å². The Labute approximate surface area is 126 Å². The Balaban J connectivity index is 2.66. The lowest BCUT2D eigenvalue weighted by Gasteiger charge is -2.33. The van der Waals surface area contributed by atoms with Crippen molar-refractivity contribution >= 4 is 33.6 Å². The molecule has 1 heterocycles. The van der Waals surface area contributed by atoms with Gasteiger partial charge in [0.25, 0.3) is 0 Å². The maximum Gasteiger partial charge on any atom is 0.317 e. The molecule has 0 unspecified atom stereocenters. The predicted octanol–water partition coefficient (Wildman–Crippen LogP) is 1.97. The van der Waals surface area contributed by atoms with E-state index < -0.39 is 11.5 Å². The number of amides is 1. The van der Waals surface area contributed by atoms with Gasteiger partial charge in [-0.25, -0.2) is 4.98 Å². The number of nitrogens with zero attached hydrogens (tertiary/aromatic N) is 2. The summed E-state index contributed by atoms with van der Waals surface area (Å²) in [4.78, 5) is 28.4. The second-order valence-electron chi connectivity index (χ2n) is 5.33. The molecule has 20 heavy (non-hydrogen) atoms. The number of pyridine rings is 1. The largest absolute Gasteiger partial charge is 0.480 e. The molecule has 6 nitrogen and oxygen atoms in total. The van der Waals surface area contributed by atoms with Crippen molar-refractivity contribution in [2.24, 2.45) is 0 Å². The average molecular weight is 344 g/mol. The van der Waals surface area contributed by atoms with Crippen molar-refractivity contribution in [3.8, 4) is 0 Å². The van der Waals surface area contributed by atoms with Crippen molar-refractivity contribution in [2.75, 3.05) is 18.4 Å². The lowest BCUT2D eigenvalue weighted by molar-refractivity contribution is -0.140. The zero-order chi connectivity index (χ0) is 15.3. The molecule has 0 radical (unpaired) electrons. The summed E-state index contributed by atoms with van der Waals surface area (Å²) in [7, 11) is 0. The van der Waals surface area contributed by atoms with Gasteiger partial charge in [-0.1, -0.05) is 0 Å². The highest BCUT2D eigenvalue weighted by molar-refractivity contribution is 9.10. The monoisotopic (exact) mass is 343 g/mol. The van der Waals surface area contributed by atoms with Gasteiger partial charge in [-0.05, 0) is 48.8 Å². The first-order valence-corrected chi connectivity index (χ1v) is 6.86. The quantitative estimate of drug-likeness (QED) is 0.853. The van der Waals surface area contributed by atoms with E-state index in [9.17, 15) is 9.59 Å². The number of carboxylic acids is 1. The van der Waals surface area contributed by atoms with Crippen LogP contribution in [-0.2, 0) is 9.59 Å². The van der Waals surface area contributed by atoms with E-state index >= 15 is 0 Å². The molecule has 0 bridgehead atoms. The minimum absolute atomic E-state index is 0.00640. The Morgan fingerprint density at radius 1 is 1.35 bits per heavy atom. The van der Waals surface area contributed by atoms with E-state index in [-0.39, 0.29) is 19.0 Å². The molecule has 0 spiro atoms. The maximum atomic E-state index is 11.9. The third kappa shape index (κ3) is 5.66. The van der Waals surface area contributed by atoms with Gasteiger partial charge in [0, 0.05) is 16.2 Å². The van der Waals surface area contributed by atoms with Gasteiger partial charge in [-0.15, -0.1) is 0 Å². The van der Waals surface area contributed by atoms with Crippen molar-refractivity contribution in [3.63, 3.8) is 0 Å². The number of hydrogen-bond acceptors (Lipinski definition) is 4. The van der Waals surface area contributed by atoms with E-state index in [4.69, 9.17) is 5.11 Å². The fourth-order valence-corrected chi connectivity index (χ4v) is 1.73. The van der Waals surface area contributed by atoms with Gasteiger partial charge in [0.2, 0.25) is 5.91 Å². The van der Waals surface area contributed by atoms with Crippen LogP contribution in [0.2, 0.25) is 0 Å². The second-order valence-corrected chi connectivity index (χ2v) is 6.25. The molecule has 1 rings (SSSR count). The van der Waals surface area contributed by atoms with Gasteiger partial charge < -0.3 is 10.4 Å². The first-order valence-electron chi connectivity index (χ1n) is 6.07. The molecule has 0 aromatic carbocycles. The molecule has 0 aliphatic rings. The molecule has 110 valence electrons. The molecule has 0 fully saturated rings. The molecule has 1 aromatic rings. The Bertz CT molecular complexity index is 483. The molecule has 0 aliphatic heterocycles. The third-order valence-corrected chi connectivity index (χ3v) is 3.07. The van der Waals surface area contributed by atoms with Crippen molar-refractivity contribution < 1.29 is 14.7 Å². The summed E-state index contributed by atoms with van der Waals surface area (Å²) in [5, 5.41) is 11.5. The summed E-state index contributed by atoms with van der Waals surface area (Å²) >= 11 is 3.26. The zero-order valence-electron chi connectivity index (χ0n) is 11.7. The zero-order valence-corrected chi connectivity index (χ0v) is 13.3. The molecule has 0 aliphatic carbocycles. The van der Waals surface area contributed by atoms with Crippen LogP contribution in [0.1, 0.15) is 20.8 Å². The van der Waals surface area contributed by atoms with E-state index in [1.807, 2.05) is 20.8 Å². The molecular weight excluding hydrogens is 326 g/mol. The van der Waals surface area contributed by atoms with Crippen LogP contribution in [0, 0.1) is 0 Å². The lowest BCUT2D eigenvalue weighted by Crippen LogP contribution is -2.48. The Morgan fingerprint density at radius 2 is 2.00 bits per heavy atom. The molecule has 7 heteroatoms. The fraction of sp³-hybridized carbons (Fsp3) is 0.462. The van der Waals surface area contributed by atoms with Crippen LogP contribution >= 0.6 is 15.9 Å². The minimum atomic E-state index is -0.963. The average Bonchev–Trinajstić information content (AvgIpc) is 2.29. The number of halogens is 1. The van der Waals surface area contributed by atoms with Crippen LogP contribution < -0.4 is 5.32 Å². The lowest BCUT2D eigenvalue weighted by atomic mass is 10.1. The summed E-state index contributed by atoms with van der Waals surface area (Å²) in [6.07, 6.45) is 1.58. The molecule has 1 aromatic heterocycles. The smallest absolute Gasteiger partial charge is 0.317 e. The molecule has 0 saturated heterocycles. The molecule has 2 N–H and O–H groups in total.